The van der Waals surface area contributed by atoms with Crippen LogP contribution in [0.15, 0.2) is 35.5 Å². The van der Waals surface area contributed by atoms with Crippen molar-refractivity contribution in [2.75, 3.05) is 45.9 Å². The highest BCUT2D eigenvalue weighted by molar-refractivity contribution is 5.79. The zero-order chi connectivity index (χ0) is 21.2. The molecule has 0 aliphatic carbocycles. The molecule has 3 rings (SSSR count). The second kappa shape index (κ2) is 11.7. The van der Waals surface area contributed by atoms with Crippen molar-refractivity contribution in [2.45, 2.75) is 32.7 Å². The number of hydrogen-bond acceptors (Lipinski definition) is 4. The van der Waals surface area contributed by atoms with Gasteiger partial charge in [0.15, 0.2) is 5.96 Å². The van der Waals surface area contributed by atoms with Gasteiger partial charge in [-0.1, -0.05) is 12.1 Å². The normalized spacial score (nSPS) is 16.4. The van der Waals surface area contributed by atoms with Crippen molar-refractivity contribution < 1.29 is 9.13 Å². The first-order valence-corrected chi connectivity index (χ1v) is 10.8. The summed E-state index contributed by atoms with van der Waals surface area (Å²) in [6.45, 7) is 9.47. The summed E-state index contributed by atoms with van der Waals surface area (Å²) in [5, 5.41) is 13.8. The van der Waals surface area contributed by atoms with Crippen LogP contribution in [0.3, 0.4) is 0 Å². The van der Waals surface area contributed by atoms with Crippen LogP contribution >= 0.6 is 0 Å². The standard InChI is InChI=1S/C22H33FN6O/c1-3-24-22(25-10-4-5-19-15-27-28-17(19)2)26-16-21(29-11-13-30-14-12-29)18-6-8-20(23)9-7-18/h6-9,15,21H,3-5,10-14,16H2,1-2H3,(H,27,28)(H2,24,25,26). The molecule has 7 nitrogen and oxygen atoms in total. The number of aromatic nitrogens is 2. The minimum Gasteiger partial charge on any atom is -0.379 e. The average Bonchev–Trinajstić information content (AvgIpc) is 3.18. The molecule has 0 radical (unpaired) electrons. The molecule has 1 aliphatic heterocycles. The van der Waals surface area contributed by atoms with Crippen LogP contribution in [0, 0.1) is 12.7 Å². The Labute approximate surface area is 178 Å². The zero-order valence-corrected chi connectivity index (χ0v) is 18.0. The van der Waals surface area contributed by atoms with Gasteiger partial charge in [0.05, 0.1) is 32.0 Å². The van der Waals surface area contributed by atoms with Crippen molar-refractivity contribution in [3.05, 3.63) is 53.1 Å². The first kappa shape index (κ1) is 22.2. The van der Waals surface area contributed by atoms with Crippen molar-refractivity contribution >= 4 is 5.96 Å². The predicted octanol–water partition coefficient (Wildman–Crippen LogP) is 2.42. The van der Waals surface area contributed by atoms with Crippen LogP contribution in [-0.2, 0) is 11.2 Å². The number of aliphatic imine (C=N–C) groups is 1. The van der Waals surface area contributed by atoms with E-state index in [0.717, 1.165) is 56.2 Å². The van der Waals surface area contributed by atoms with Gasteiger partial charge in [0.1, 0.15) is 5.82 Å². The molecule has 1 saturated heterocycles. The highest BCUT2D eigenvalue weighted by Gasteiger charge is 2.22. The quantitative estimate of drug-likeness (QED) is 0.332. The number of aromatic amines is 1. The Balaban J connectivity index is 1.61. The SMILES string of the molecule is CCNC(=NCC(c1ccc(F)cc1)N1CCOCC1)NCCCc1cn[nH]c1C. The summed E-state index contributed by atoms with van der Waals surface area (Å²) in [6.07, 6.45) is 3.86. The van der Waals surface area contributed by atoms with Crippen LogP contribution in [0.5, 0.6) is 0 Å². The van der Waals surface area contributed by atoms with Crippen molar-refractivity contribution in [3.63, 3.8) is 0 Å². The van der Waals surface area contributed by atoms with Gasteiger partial charge in [-0.3, -0.25) is 15.0 Å². The largest absolute Gasteiger partial charge is 0.379 e. The van der Waals surface area contributed by atoms with Gasteiger partial charge >= 0.3 is 0 Å². The van der Waals surface area contributed by atoms with Crippen LogP contribution in [0.2, 0.25) is 0 Å². The van der Waals surface area contributed by atoms with E-state index in [1.807, 2.05) is 25.3 Å². The third-order valence-corrected chi connectivity index (χ3v) is 5.36. The van der Waals surface area contributed by atoms with Crippen molar-refractivity contribution in [2.24, 2.45) is 4.99 Å². The topological polar surface area (TPSA) is 77.6 Å². The fraction of sp³-hybridized carbons (Fsp3) is 0.545. The fourth-order valence-corrected chi connectivity index (χ4v) is 3.64. The maximum atomic E-state index is 13.4. The molecule has 1 unspecified atom stereocenters. The summed E-state index contributed by atoms with van der Waals surface area (Å²) >= 11 is 0. The second-order valence-corrected chi connectivity index (χ2v) is 7.49. The summed E-state index contributed by atoms with van der Waals surface area (Å²) in [6, 6.07) is 6.86. The molecular weight excluding hydrogens is 383 g/mol. The minimum atomic E-state index is -0.217. The van der Waals surface area contributed by atoms with Crippen molar-refractivity contribution in [1.82, 2.24) is 25.7 Å². The summed E-state index contributed by atoms with van der Waals surface area (Å²) in [5.41, 5.74) is 3.46. The first-order chi connectivity index (χ1) is 14.7. The third-order valence-electron chi connectivity index (χ3n) is 5.36. The number of benzene rings is 1. The minimum absolute atomic E-state index is 0.0959. The average molecular weight is 417 g/mol. The molecule has 1 aromatic heterocycles. The molecular formula is C22H33FN6O. The lowest BCUT2D eigenvalue weighted by atomic mass is 10.0. The lowest BCUT2D eigenvalue weighted by molar-refractivity contribution is 0.0179. The van der Waals surface area contributed by atoms with Crippen molar-refractivity contribution in [1.29, 1.82) is 0 Å². The summed E-state index contributed by atoms with van der Waals surface area (Å²) in [4.78, 5) is 7.21. The highest BCUT2D eigenvalue weighted by atomic mass is 19.1. The number of nitrogens with zero attached hydrogens (tertiary/aromatic N) is 3. The number of aryl methyl sites for hydroxylation is 2. The number of halogens is 1. The Hall–Kier alpha value is -2.45. The highest BCUT2D eigenvalue weighted by Crippen LogP contribution is 2.22. The maximum Gasteiger partial charge on any atom is 0.191 e. The third kappa shape index (κ3) is 6.53. The molecule has 1 aromatic carbocycles. The smallest absolute Gasteiger partial charge is 0.191 e. The lowest BCUT2D eigenvalue weighted by Crippen LogP contribution is -2.42. The van der Waals surface area contributed by atoms with E-state index >= 15 is 0 Å². The van der Waals surface area contributed by atoms with Crippen LogP contribution in [0.1, 0.15) is 36.2 Å². The molecule has 1 atom stereocenters. The number of ether oxygens (including phenoxy) is 1. The van der Waals surface area contributed by atoms with E-state index < -0.39 is 0 Å². The molecule has 1 fully saturated rings. The number of hydrogen-bond donors (Lipinski definition) is 3. The van der Waals surface area contributed by atoms with Crippen LogP contribution in [0.25, 0.3) is 0 Å². The van der Waals surface area contributed by atoms with E-state index in [1.165, 1.54) is 17.7 Å². The van der Waals surface area contributed by atoms with Gasteiger partial charge in [-0.05, 0) is 49.9 Å². The first-order valence-electron chi connectivity index (χ1n) is 10.8. The molecule has 164 valence electrons. The summed E-state index contributed by atoms with van der Waals surface area (Å²) in [7, 11) is 0. The van der Waals surface area contributed by atoms with E-state index in [0.29, 0.717) is 19.8 Å². The number of H-pyrrole nitrogens is 1. The van der Waals surface area contributed by atoms with Gasteiger partial charge in [0.25, 0.3) is 0 Å². The molecule has 0 spiro atoms. The fourth-order valence-electron chi connectivity index (χ4n) is 3.64. The van der Waals surface area contributed by atoms with E-state index in [-0.39, 0.29) is 11.9 Å². The number of guanidine groups is 1. The Morgan fingerprint density at radius 1 is 1.27 bits per heavy atom. The second-order valence-electron chi connectivity index (χ2n) is 7.49. The summed E-state index contributed by atoms with van der Waals surface area (Å²) in [5.74, 6) is 0.590. The van der Waals surface area contributed by atoms with Gasteiger partial charge in [-0.15, -0.1) is 0 Å². The molecule has 0 amide bonds. The monoisotopic (exact) mass is 416 g/mol. The van der Waals surface area contributed by atoms with Gasteiger partial charge in [0, 0.05) is 31.9 Å². The maximum absolute atomic E-state index is 13.4. The molecule has 0 bridgehead atoms. The Bertz CT molecular complexity index is 785. The van der Waals surface area contributed by atoms with Gasteiger partial charge < -0.3 is 15.4 Å². The number of nitrogens with one attached hydrogen (secondary N) is 3. The van der Waals surface area contributed by atoms with Gasteiger partial charge in [-0.2, -0.15) is 5.10 Å². The van der Waals surface area contributed by atoms with E-state index in [1.54, 1.807) is 0 Å². The van der Waals surface area contributed by atoms with E-state index in [2.05, 4.69) is 32.7 Å². The Morgan fingerprint density at radius 3 is 2.70 bits per heavy atom. The van der Waals surface area contributed by atoms with Gasteiger partial charge in [0.2, 0.25) is 0 Å². The molecule has 0 saturated carbocycles. The Kier molecular flexibility index (Phi) is 8.65. The number of morpholine rings is 1. The van der Waals surface area contributed by atoms with Crippen LogP contribution < -0.4 is 10.6 Å². The zero-order valence-electron chi connectivity index (χ0n) is 18.0. The summed E-state index contributed by atoms with van der Waals surface area (Å²) < 4.78 is 18.9. The van der Waals surface area contributed by atoms with Crippen LogP contribution in [-0.4, -0.2) is 67.0 Å². The molecule has 8 heteroatoms. The van der Waals surface area contributed by atoms with Crippen LogP contribution in [0.4, 0.5) is 4.39 Å². The predicted molar refractivity (Wildman–Crippen MR) is 117 cm³/mol. The van der Waals surface area contributed by atoms with E-state index in [4.69, 9.17) is 9.73 Å². The van der Waals surface area contributed by atoms with Gasteiger partial charge in [-0.25, -0.2) is 4.39 Å². The lowest BCUT2D eigenvalue weighted by Gasteiger charge is -2.34. The van der Waals surface area contributed by atoms with Crippen molar-refractivity contribution in [3.8, 4) is 0 Å². The Morgan fingerprint density at radius 2 is 2.03 bits per heavy atom. The molecule has 3 N–H and O–H groups in total. The molecule has 30 heavy (non-hydrogen) atoms. The van der Waals surface area contributed by atoms with E-state index in [9.17, 15) is 4.39 Å². The number of rotatable bonds is 9. The molecule has 1 aliphatic rings. The molecule has 2 heterocycles. The molecule has 2 aromatic rings.